The minimum atomic E-state index is -0.957. The maximum absolute atomic E-state index is 12.7. The summed E-state index contributed by atoms with van der Waals surface area (Å²) in [5.74, 6) is -2.76. The molecule has 2 unspecified atom stereocenters. The van der Waals surface area contributed by atoms with Crippen LogP contribution in [0.5, 0.6) is 0 Å². The Kier molecular flexibility index (Phi) is 6.76. The Balaban J connectivity index is 3.46. The van der Waals surface area contributed by atoms with Crippen LogP contribution in [-0.2, 0) is 14.4 Å². The Morgan fingerprint density at radius 1 is 1.28 bits per heavy atom. The SMILES string of the molecule is CCCCC(C(=O)NO)N1C(=O)C(O)=C(C(=O)C(C)C)C1C(C)(C)C. The van der Waals surface area contributed by atoms with Crippen LogP contribution in [0.25, 0.3) is 0 Å². The fraction of sp³-hybridized carbons (Fsp3) is 0.722. The van der Waals surface area contributed by atoms with E-state index >= 15 is 0 Å². The molecule has 2 atom stereocenters. The van der Waals surface area contributed by atoms with Crippen LogP contribution < -0.4 is 5.48 Å². The number of hydroxylamine groups is 1. The number of amides is 2. The maximum atomic E-state index is 12.7. The average molecular weight is 354 g/mol. The van der Waals surface area contributed by atoms with Crippen LogP contribution in [0, 0.1) is 11.3 Å². The van der Waals surface area contributed by atoms with Crippen molar-refractivity contribution >= 4 is 17.6 Å². The zero-order chi connectivity index (χ0) is 19.5. The number of ketones is 1. The van der Waals surface area contributed by atoms with Crippen molar-refractivity contribution in [1.82, 2.24) is 10.4 Å². The summed E-state index contributed by atoms with van der Waals surface area (Å²) in [4.78, 5) is 38.8. The van der Waals surface area contributed by atoms with E-state index < -0.39 is 41.0 Å². The molecule has 25 heavy (non-hydrogen) atoms. The third kappa shape index (κ3) is 4.21. The number of aliphatic hydroxyl groups is 1. The van der Waals surface area contributed by atoms with Gasteiger partial charge in [-0.3, -0.25) is 19.6 Å². The van der Waals surface area contributed by atoms with Gasteiger partial charge in [-0.2, -0.15) is 0 Å². The molecule has 0 aliphatic carbocycles. The summed E-state index contributed by atoms with van der Waals surface area (Å²) in [7, 11) is 0. The fourth-order valence-corrected chi connectivity index (χ4v) is 3.23. The number of aliphatic hydroxyl groups excluding tert-OH is 1. The van der Waals surface area contributed by atoms with E-state index in [1.165, 1.54) is 4.90 Å². The average Bonchev–Trinajstić information content (AvgIpc) is 2.79. The number of unbranched alkanes of at least 4 members (excludes halogenated alkanes) is 1. The number of rotatable bonds is 7. The highest BCUT2D eigenvalue weighted by Gasteiger charge is 2.51. The first-order chi connectivity index (χ1) is 11.5. The minimum absolute atomic E-state index is 0.0553. The zero-order valence-corrected chi connectivity index (χ0v) is 15.9. The van der Waals surface area contributed by atoms with Crippen molar-refractivity contribution in [2.24, 2.45) is 11.3 Å². The van der Waals surface area contributed by atoms with E-state index in [9.17, 15) is 19.5 Å². The van der Waals surface area contributed by atoms with Crippen molar-refractivity contribution < 1.29 is 24.7 Å². The van der Waals surface area contributed by atoms with E-state index in [-0.39, 0.29) is 11.4 Å². The summed E-state index contributed by atoms with van der Waals surface area (Å²) >= 11 is 0. The summed E-state index contributed by atoms with van der Waals surface area (Å²) in [5, 5.41) is 19.5. The molecule has 3 N–H and O–H groups in total. The summed E-state index contributed by atoms with van der Waals surface area (Å²) in [6.45, 7) is 10.9. The van der Waals surface area contributed by atoms with Gasteiger partial charge in [-0.1, -0.05) is 54.4 Å². The Morgan fingerprint density at radius 3 is 2.24 bits per heavy atom. The second-order valence-electron chi connectivity index (χ2n) is 7.90. The predicted molar refractivity (Wildman–Crippen MR) is 92.8 cm³/mol. The summed E-state index contributed by atoms with van der Waals surface area (Å²) in [6.07, 6.45) is 1.79. The summed E-state index contributed by atoms with van der Waals surface area (Å²) in [6, 6.07) is -1.70. The minimum Gasteiger partial charge on any atom is -0.503 e. The summed E-state index contributed by atoms with van der Waals surface area (Å²) in [5.41, 5.74) is 1.08. The van der Waals surface area contributed by atoms with E-state index in [0.29, 0.717) is 12.8 Å². The Labute approximate surface area is 149 Å². The lowest BCUT2D eigenvalue weighted by atomic mass is 9.79. The number of Topliss-reactive ketones (excluding diaryl/α,β-unsaturated/α-hetero) is 1. The highest BCUT2D eigenvalue weighted by atomic mass is 16.5. The van der Waals surface area contributed by atoms with Crippen molar-refractivity contribution in [3.05, 3.63) is 11.3 Å². The first kappa shape index (κ1) is 21.2. The normalized spacial score (nSPS) is 19.6. The molecule has 0 radical (unpaired) electrons. The topological polar surface area (TPSA) is 107 Å². The van der Waals surface area contributed by atoms with Crippen LogP contribution in [0.15, 0.2) is 11.3 Å². The molecular weight excluding hydrogens is 324 g/mol. The molecule has 0 spiro atoms. The Bertz CT molecular complexity index is 575. The van der Waals surface area contributed by atoms with Gasteiger partial charge in [0.15, 0.2) is 11.5 Å². The molecule has 0 saturated carbocycles. The smallest absolute Gasteiger partial charge is 0.290 e. The molecule has 0 bridgehead atoms. The van der Waals surface area contributed by atoms with Gasteiger partial charge in [0.1, 0.15) is 6.04 Å². The first-order valence-corrected chi connectivity index (χ1v) is 8.72. The first-order valence-electron chi connectivity index (χ1n) is 8.72. The Morgan fingerprint density at radius 2 is 1.84 bits per heavy atom. The van der Waals surface area contributed by atoms with E-state index in [2.05, 4.69) is 0 Å². The van der Waals surface area contributed by atoms with Gasteiger partial charge in [-0.25, -0.2) is 5.48 Å². The number of carbonyl (C=O) groups is 3. The third-order valence-electron chi connectivity index (χ3n) is 4.43. The van der Waals surface area contributed by atoms with Gasteiger partial charge < -0.3 is 10.0 Å². The quantitative estimate of drug-likeness (QED) is 0.480. The highest BCUT2D eigenvalue weighted by molar-refractivity contribution is 6.10. The van der Waals surface area contributed by atoms with Crippen molar-refractivity contribution in [1.29, 1.82) is 0 Å². The van der Waals surface area contributed by atoms with Crippen LogP contribution in [0.3, 0.4) is 0 Å². The molecule has 1 heterocycles. The molecule has 2 amide bonds. The molecule has 0 aromatic carbocycles. The maximum Gasteiger partial charge on any atom is 0.290 e. The largest absolute Gasteiger partial charge is 0.503 e. The van der Waals surface area contributed by atoms with Gasteiger partial charge in [0.05, 0.1) is 11.6 Å². The van der Waals surface area contributed by atoms with E-state index in [1.807, 2.05) is 27.7 Å². The standard InChI is InChI=1S/C18H30N2O5/c1-7-8-9-11(16(23)19-25)20-15(18(4,5)6)12(13(21)10(2)3)14(22)17(20)24/h10-11,15,22,25H,7-9H2,1-6H3,(H,19,23). The number of nitrogens with one attached hydrogen (secondary N) is 1. The van der Waals surface area contributed by atoms with Crippen LogP contribution >= 0.6 is 0 Å². The van der Waals surface area contributed by atoms with Gasteiger partial charge in [-0.05, 0) is 11.8 Å². The molecule has 0 saturated heterocycles. The van der Waals surface area contributed by atoms with E-state index in [0.717, 1.165) is 6.42 Å². The number of hydrogen-bond donors (Lipinski definition) is 3. The van der Waals surface area contributed by atoms with Gasteiger partial charge >= 0.3 is 0 Å². The Hall–Kier alpha value is -1.89. The van der Waals surface area contributed by atoms with Crippen molar-refractivity contribution in [2.75, 3.05) is 0 Å². The lowest BCUT2D eigenvalue weighted by Gasteiger charge is -2.40. The van der Waals surface area contributed by atoms with Crippen molar-refractivity contribution in [2.45, 2.75) is 72.9 Å². The van der Waals surface area contributed by atoms with E-state index in [4.69, 9.17) is 5.21 Å². The number of hydrogen-bond acceptors (Lipinski definition) is 5. The van der Waals surface area contributed by atoms with Crippen LogP contribution in [-0.4, -0.2) is 44.9 Å². The third-order valence-corrected chi connectivity index (χ3v) is 4.43. The molecular formula is C18H30N2O5. The number of nitrogens with zero attached hydrogens (tertiary/aromatic N) is 1. The predicted octanol–water partition coefficient (Wildman–Crippen LogP) is 2.34. The molecule has 7 nitrogen and oxygen atoms in total. The fourth-order valence-electron chi connectivity index (χ4n) is 3.23. The molecule has 7 heteroatoms. The van der Waals surface area contributed by atoms with Gasteiger partial charge in [0.2, 0.25) is 0 Å². The van der Waals surface area contributed by atoms with Crippen molar-refractivity contribution in [3.63, 3.8) is 0 Å². The summed E-state index contributed by atoms with van der Waals surface area (Å²) < 4.78 is 0. The second-order valence-corrected chi connectivity index (χ2v) is 7.90. The molecule has 0 aromatic rings. The van der Waals surface area contributed by atoms with Gasteiger partial charge in [0, 0.05) is 5.92 Å². The zero-order valence-electron chi connectivity index (χ0n) is 15.9. The molecule has 0 fully saturated rings. The van der Waals surface area contributed by atoms with E-state index in [1.54, 1.807) is 19.3 Å². The number of carbonyl (C=O) groups excluding carboxylic acids is 3. The van der Waals surface area contributed by atoms with Gasteiger partial charge in [-0.15, -0.1) is 0 Å². The van der Waals surface area contributed by atoms with Crippen LogP contribution in [0.4, 0.5) is 0 Å². The van der Waals surface area contributed by atoms with Crippen LogP contribution in [0.2, 0.25) is 0 Å². The molecule has 1 aliphatic heterocycles. The lowest BCUT2D eigenvalue weighted by molar-refractivity contribution is -0.146. The molecule has 1 rings (SSSR count). The molecule has 142 valence electrons. The highest BCUT2D eigenvalue weighted by Crippen LogP contribution is 2.40. The monoisotopic (exact) mass is 354 g/mol. The van der Waals surface area contributed by atoms with Gasteiger partial charge in [0.25, 0.3) is 11.8 Å². The molecule has 0 aromatic heterocycles. The second kappa shape index (κ2) is 7.99. The molecule has 1 aliphatic rings. The lowest BCUT2D eigenvalue weighted by Crippen LogP contribution is -2.55. The van der Waals surface area contributed by atoms with Crippen LogP contribution in [0.1, 0.15) is 60.8 Å². The van der Waals surface area contributed by atoms with Crippen molar-refractivity contribution in [3.8, 4) is 0 Å².